The summed E-state index contributed by atoms with van der Waals surface area (Å²) in [5, 5.41) is 3.70. The average Bonchev–Trinajstić information content (AvgIpc) is 2.92. The summed E-state index contributed by atoms with van der Waals surface area (Å²) in [5.41, 5.74) is 3.07. The number of nitrogens with zero attached hydrogens (tertiary/aromatic N) is 2. The maximum Gasteiger partial charge on any atom is 0.226 e. The second kappa shape index (κ2) is 6.13. The quantitative estimate of drug-likeness (QED) is 0.936. The second-order valence-electron chi connectivity index (χ2n) is 6.63. The Hall–Kier alpha value is -1.81. The number of piperidine rings is 1. The van der Waals surface area contributed by atoms with Crippen LogP contribution in [0.5, 0.6) is 0 Å². The van der Waals surface area contributed by atoms with Crippen LogP contribution in [-0.2, 0) is 0 Å². The minimum absolute atomic E-state index is 0.507. The van der Waals surface area contributed by atoms with Crippen molar-refractivity contribution in [2.45, 2.75) is 39.3 Å². The zero-order valence-corrected chi connectivity index (χ0v) is 13.8. The van der Waals surface area contributed by atoms with Gasteiger partial charge in [-0.15, -0.1) is 0 Å². The molecular formula is C18H25N3O. The molecule has 0 spiro atoms. The summed E-state index contributed by atoms with van der Waals surface area (Å²) < 4.78 is 5.50. The van der Waals surface area contributed by atoms with Crippen molar-refractivity contribution in [2.24, 2.45) is 5.92 Å². The summed E-state index contributed by atoms with van der Waals surface area (Å²) in [7, 11) is 2.21. The van der Waals surface area contributed by atoms with Crippen molar-refractivity contribution in [1.29, 1.82) is 0 Å². The molecule has 1 saturated heterocycles. The number of nitrogens with one attached hydrogen (secondary N) is 1. The van der Waals surface area contributed by atoms with Gasteiger partial charge in [0, 0.05) is 29.9 Å². The molecule has 22 heavy (non-hydrogen) atoms. The molecule has 0 unspecified atom stereocenters. The number of anilines is 1. The topological polar surface area (TPSA) is 41.3 Å². The van der Waals surface area contributed by atoms with E-state index in [1.807, 2.05) is 13.0 Å². The minimum atomic E-state index is 0.507. The van der Waals surface area contributed by atoms with E-state index in [-0.39, 0.29) is 0 Å². The third-order valence-electron chi connectivity index (χ3n) is 4.69. The number of rotatable bonds is 3. The Labute approximate surface area is 132 Å². The molecule has 1 fully saturated rings. The van der Waals surface area contributed by atoms with E-state index in [4.69, 9.17) is 4.42 Å². The number of aryl methyl sites for hydroxylation is 1. The maximum absolute atomic E-state index is 5.50. The van der Waals surface area contributed by atoms with Crippen LogP contribution in [0.25, 0.3) is 11.5 Å². The van der Waals surface area contributed by atoms with Gasteiger partial charge in [-0.1, -0.05) is 13.0 Å². The predicted molar refractivity (Wildman–Crippen MR) is 90.0 cm³/mol. The van der Waals surface area contributed by atoms with Crippen LogP contribution in [0.1, 0.15) is 26.0 Å². The first-order valence-corrected chi connectivity index (χ1v) is 8.02. The minimum Gasteiger partial charge on any atom is -0.444 e. The van der Waals surface area contributed by atoms with E-state index in [2.05, 4.69) is 54.3 Å². The van der Waals surface area contributed by atoms with Gasteiger partial charge in [-0.2, -0.15) is 0 Å². The first-order chi connectivity index (χ1) is 10.5. The molecule has 3 atom stereocenters. The zero-order valence-electron chi connectivity index (χ0n) is 13.8. The standard InChI is InChI=1S/C18H25N3O/c1-12-10-21(4)14(3)8-17(12)20-16-7-5-6-15(9-16)18-19-13(2)11-22-18/h5-7,9,11-12,14,17,20H,8,10H2,1-4H3/t12-,14-,17+/m0/s1. The van der Waals surface area contributed by atoms with E-state index >= 15 is 0 Å². The van der Waals surface area contributed by atoms with Crippen LogP contribution in [0, 0.1) is 12.8 Å². The Bertz CT molecular complexity index is 637. The van der Waals surface area contributed by atoms with Crippen LogP contribution in [0.3, 0.4) is 0 Å². The van der Waals surface area contributed by atoms with Crippen LogP contribution in [0.15, 0.2) is 34.9 Å². The summed E-state index contributed by atoms with van der Waals surface area (Å²) in [4.78, 5) is 6.84. The number of hydrogen-bond acceptors (Lipinski definition) is 4. The van der Waals surface area contributed by atoms with Gasteiger partial charge in [-0.05, 0) is 51.4 Å². The molecule has 0 saturated carbocycles. The van der Waals surface area contributed by atoms with Crippen LogP contribution in [0.2, 0.25) is 0 Å². The summed E-state index contributed by atoms with van der Waals surface area (Å²) >= 11 is 0. The van der Waals surface area contributed by atoms with Crippen molar-refractivity contribution >= 4 is 5.69 Å². The van der Waals surface area contributed by atoms with Gasteiger partial charge in [0.2, 0.25) is 5.89 Å². The van der Waals surface area contributed by atoms with Gasteiger partial charge in [0.25, 0.3) is 0 Å². The van der Waals surface area contributed by atoms with E-state index in [9.17, 15) is 0 Å². The highest BCUT2D eigenvalue weighted by molar-refractivity contribution is 5.61. The van der Waals surface area contributed by atoms with Gasteiger partial charge in [-0.3, -0.25) is 0 Å². The molecule has 2 aromatic rings. The molecule has 1 aliphatic heterocycles. The molecule has 1 aromatic heterocycles. The van der Waals surface area contributed by atoms with Gasteiger partial charge in [0.05, 0.1) is 5.69 Å². The lowest BCUT2D eigenvalue weighted by Gasteiger charge is -2.40. The molecule has 3 rings (SSSR count). The monoisotopic (exact) mass is 299 g/mol. The molecule has 0 aliphatic carbocycles. The van der Waals surface area contributed by atoms with Gasteiger partial charge in [-0.25, -0.2) is 4.98 Å². The summed E-state index contributed by atoms with van der Waals surface area (Å²) in [5.74, 6) is 1.32. The predicted octanol–water partition coefficient (Wildman–Crippen LogP) is 3.79. The average molecular weight is 299 g/mol. The number of oxazole rings is 1. The van der Waals surface area contributed by atoms with Crippen LogP contribution >= 0.6 is 0 Å². The Balaban J connectivity index is 1.75. The molecule has 118 valence electrons. The van der Waals surface area contributed by atoms with Crippen molar-refractivity contribution in [1.82, 2.24) is 9.88 Å². The Morgan fingerprint density at radius 2 is 2.14 bits per heavy atom. The lowest BCUT2D eigenvalue weighted by Crippen LogP contribution is -2.48. The van der Waals surface area contributed by atoms with Crippen molar-refractivity contribution in [3.05, 3.63) is 36.2 Å². The van der Waals surface area contributed by atoms with Crippen LogP contribution in [-0.4, -0.2) is 35.6 Å². The van der Waals surface area contributed by atoms with E-state index in [1.54, 1.807) is 6.26 Å². The number of benzene rings is 1. The van der Waals surface area contributed by atoms with Crippen molar-refractivity contribution < 1.29 is 4.42 Å². The fraction of sp³-hybridized carbons (Fsp3) is 0.500. The lowest BCUT2D eigenvalue weighted by atomic mass is 9.89. The van der Waals surface area contributed by atoms with Crippen molar-refractivity contribution in [2.75, 3.05) is 18.9 Å². The largest absolute Gasteiger partial charge is 0.444 e. The van der Waals surface area contributed by atoms with Gasteiger partial charge < -0.3 is 14.6 Å². The van der Waals surface area contributed by atoms with Gasteiger partial charge in [0.15, 0.2) is 0 Å². The molecule has 0 radical (unpaired) electrons. The second-order valence-corrected chi connectivity index (χ2v) is 6.63. The summed E-state index contributed by atoms with van der Waals surface area (Å²) in [6.07, 6.45) is 2.86. The fourth-order valence-electron chi connectivity index (χ4n) is 3.19. The Morgan fingerprint density at radius 3 is 2.86 bits per heavy atom. The smallest absolute Gasteiger partial charge is 0.226 e. The lowest BCUT2D eigenvalue weighted by molar-refractivity contribution is 0.145. The highest BCUT2D eigenvalue weighted by Gasteiger charge is 2.28. The fourth-order valence-corrected chi connectivity index (χ4v) is 3.19. The maximum atomic E-state index is 5.50. The van der Waals surface area contributed by atoms with Crippen LogP contribution < -0.4 is 5.32 Å². The molecule has 1 aromatic carbocycles. The van der Waals surface area contributed by atoms with Crippen molar-refractivity contribution in [3.63, 3.8) is 0 Å². The molecule has 2 heterocycles. The van der Waals surface area contributed by atoms with Gasteiger partial charge in [0.1, 0.15) is 6.26 Å². The molecule has 1 N–H and O–H groups in total. The van der Waals surface area contributed by atoms with E-state index in [0.717, 1.165) is 23.5 Å². The summed E-state index contributed by atoms with van der Waals surface area (Å²) in [6.45, 7) is 7.70. The molecule has 4 nitrogen and oxygen atoms in total. The summed E-state index contributed by atoms with van der Waals surface area (Å²) in [6, 6.07) is 9.46. The highest BCUT2D eigenvalue weighted by Crippen LogP contribution is 2.27. The molecule has 0 amide bonds. The normalized spacial score (nSPS) is 26.1. The molecule has 1 aliphatic rings. The molecule has 0 bridgehead atoms. The first kappa shape index (κ1) is 15.1. The highest BCUT2D eigenvalue weighted by atomic mass is 16.3. The Kier molecular flexibility index (Phi) is 4.21. The Morgan fingerprint density at radius 1 is 1.32 bits per heavy atom. The first-order valence-electron chi connectivity index (χ1n) is 8.02. The third-order valence-corrected chi connectivity index (χ3v) is 4.69. The molecule has 4 heteroatoms. The molecular weight excluding hydrogens is 274 g/mol. The van der Waals surface area contributed by atoms with Crippen molar-refractivity contribution in [3.8, 4) is 11.5 Å². The van der Waals surface area contributed by atoms with E-state index in [0.29, 0.717) is 23.9 Å². The van der Waals surface area contributed by atoms with Gasteiger partial charge >= 0.3 is 0 Å². The number of likely N-dealkylation sites (tertiary alicyclic amines) is 1. The number of hydrogen-bond donors (Lipinski definition) is 1. The SMILES string of the molecule is Cc1coc(-c2cccc(N[C@@H]3C[C@H](C)N(C)C[C@@H]3C)c2)n1. The van der Waals surface area contributed by atoms with E-state index < -0.39 is 0 Å². The zero-order chi connectivity index (χ0) is 15.7. The van der Waals surface area contributed by atoms with Crippen LogP contribution in [0.4, 0.5) is 5.69 Å². The number of aromatic nitrogens is 1. The van der Waals surface area contributed by atoms with E-state index in [1.165, 1.54) is 6.42 Å². The third kappa shape index (κ3) is 3.17.